The summed E-state index contributed by atoms with van der Waals surface area (Å²) >= 11 is 0. The van der Waals surface area contributed by atoms with Crippen LogP contribution < -0.4 is 15.1 Å². The van der Waals surface area contributed by atoms with E-state index in [9.17, 15) is 19.8 Å². The molecule has 2 aromatic carbocycles. The van der Waals surface area contributed by atoms with Gasteiger partial charge < -0.3 is 24.4 Å². The van der Waals surface area contributed by atoms with E-state index in [0.717, 1.165) is 18.9 Å². The number of fused-ring (bicyclic) bond motifs is 1. The molecule has 5 rings (SSSR count). The van der Waals surface area contributed by atoms with E-state index >= 15 is 4.39 Å². The molecule has 2 N–H and O–H groups in total. The van der Waals surface area contributed by atoms with Gasteiger partial charge in [-0.25, -0.2) is 14.2 Å². The maximum Gasteiger partial charge on any atom is 0.341 e. The average Bonchev–Trinajstić information content (AvgIpc) is 3.36. The fourth-order valence-electron chi connectivity index (χ4n) is 4.73. The molecule has 4 aromatic rings. The van der Waals surface area contributed by atoms with Crippen molar-refractivity contribution in [1.29, 1.82) is 0 Å². The molecule has 184 valence electrons. The van der Waals surface area contributed by atoms with Gasteiger partial charge >= 0.3 is 5.97 Å². The molecule has 1 aliphatic rings. The number of para-hydroxylation sites is 1. The predicted octanol–water partition coefficient (Wildman–Crippen LogP) is 3.76. The minimum atomic E-state index is -1.41. The molecule has 8 nitrogen and oxygen atoms in total. The first-order valence-electron chi connectivity index (χ1n) is 11.6. The Balaban J connectivity index is 1.63. The summed E-state index contributed by atoms with van der Waals surface area (Å²) in [5, 5.41) is 19.4. The van der Waals surface area contributed by atoms with E-state index in [1.165, 1.54) is 10.8 Å². The molecule has 0 aliphatic carbocycles. The summed E-state index contributed by atoms with van der Waals surface area (Å²) in [7, 11) is 0. The van der Waals surface area contributed by atoms with Crippen molar-refractivity contribution in [3.63, 3.8) is 0 Å². The number of aliphatic hydroxyl groups is 1. The minimum absolute atomic E-state index is 0.0515. The Labute approximate surface area is 205 Å². The van der Waals surface area contributed by atoms with Crippen molar-refractivity contribution in [2.45, 2.75) is 25.5 Å². The average molecular weight is 490 g/mol. The van der Waals surface area contributed by atoms with Gasteiger partial charge in [-0.15, -0.1) is 0 Å². The highest BCUT2D eigenvalue weighted by Crippen LogP contribution is 2.32. The van der Waals surface area contributed by atoms with Gasteiger partial charge in [0.1, 0.15) is 18.0 Å². The first-order chi connectivity index (χ1) is 17.5. The third-order valence-corrected chi connectivity index (χ3v) is 6.47. The summed E-state index contributed by atoms with van der Waals surface area (Å²) < 4.78 is 22.8. The molecule has 3 heterocycles. The lowest BCUT2D eigenvalue weighted by atomic mass is 10.1. The first-order valence-corrected chi connectivity index (χ1v) is 11.6. The Morgan fingerprint density at radius 1 is 1.14 bits per heavy atom. The van der Waals surface area contributed by atoms with Crippen LogP contribution in [0.15, 0.2) is 71.8 Å². The second-order valence-corrected chi connectivity index (χ2v) is 8.62. The lowest BCUT2D eigenvalue weighted by molar-refractivity contribution is 0.0695. The third kappa shape index (κ3) is 4.29. The van der Waals surface area contributed by atoms with E-state index in [4.69, 9.17) is 4.74 Å². The Bertz CT molecular complexity index is 1490. The summed E-state index contributed by atoms with van der Waals surface area (Å²) in [6.07, 6.45) is 4.50. The molecule has 0 saturated carbocycles. The van der Waals surface area contributed by atoms with Crippen LogP contribution in [-0.4, -0.2) is 44.9 Å². The highest BCUT2D eigenvalue weighted by molar-refractivity contribution is 5.94. The van der Waals surface area contributed by atoms with Gasteiger partial charge in [-0.2, -0.15) is 0 Å². The van der Waals surface area contributed by atoms with Gasteiger partial charge in [-0.3, -0.25) is 4.79 Å². The number of rotatable bonds is 7. The summed E-state index contributed by atoms with van der Waals surface area (Å²) in [4.78, 5) is 30.9. The number of aliphatic hydroxyl groups excluding tert-OH is 1. The molecule has 0 bridgehead atoms. The molecule has 1 saturated heterocycles. The summed E-state index contributed by atoms with van der Waals surface area (Å²) in [6, 6.07) is 14.9. The Hall–Kier alpha value is -4.24. The number of anilines is 1. The predicted molar refractivity (Wildman–Crippen MR) is 132 cm³/mol. The fourth-order valence-corrected chi connectivity index (χ4v) is 4.73. The van der Waals surface area contributed by atoms with Crippen molar-refractivity contribution in [3.8, 4) is 11.6 Å². The fraction of sp³-hybridized carbons (Fsp3) is 0.222. The van der Waals surface area contributed by atoms with Crippen molar-refractivity contribution < 1.29 is 24.1 Å². The molecule has 0 radical (unpaired) electrons. The van der Waals surface area contributed by atoms with E-state index < -0.39 is 22.8 Å². The Kier molecular flexibility index (Phi) is 6.39. The van der Waals surface area contributed by atoms with Crippen LogP contribution in [0.4, 0.5) is 10.1 Å². The first kappa shape index (κ1) is 23.5. The number of ether oxygens (including phenoxy) is 1. The van der Waals surface area contributed by atoms with Gasteiger partial charge in [-0.1, -0.05) is 24.3 Å². The van der Waals surface area contributed by atoms with Crippen molar-refractivity contribution >= 4 is 22.6 Å². The maximum absolute atomic E-state index is 15.5. The van der Waals surface area contributed by atoms with Crippen molar-refractivity contribution in [2.24, 2.45) is 0 Å². The number of pyridine rings is 2. The maximum atomic E-state index is 15.5. The highest BCUT2D eigenvalue weighted by atomic mass is 19.1. The van der Waals surface area contributed by atoms with Crippen LogP contribution in [0.1, 0.15) is 28.8 Å². The molecule has 0 unspecified atom stereocenters. The number of hydrogen-bond donors (Lipinski definition) is 2. The molecular formula is C27H24FN3O5. The SMILES string of the molecule is O=C(O)c1cn(-c2ccccc2CO)c2cc(N3CCC[C@@H]3COc3ccccn3)c(F)cc2c1=O. The van der Waals surface area contributed by atoms with Crippen LogP contribution in [-0.2, 0) is 6.61 Å². The van der Waals surface area contributed by atoms with E-state index in [1.54, 1.807) is 48.7 Å². The zero-order chi connectivity index (χ0) is 25.2. The summed E-state index contributed by atoms with van der Waals surface area (Å²) in [6.45, 7) is 0.620. The number of carboxylic acid groups (broad SMARTS) is 1. The topological polar surface area (TPSA) is 105 Å². The smallest absolute Gasteiger partial charge is 0.341 e. The normalized spacial score (nSPS) is 15.4. The summed E-state index contributed by atoms with van der Waals surface area (Å²) in [5.74, 6) is -1.54. The monoisotopic (exact) mass is 489 g/mol. The number of halogens is 1. The molecule has 1 atom stereocenters. The van der Waals surface area contributed by atoms with Gasteiger partial charge in [0.15, 0.2) is 0 Å². The van der Waals surface area contributed by atoms with E-state index in [2.05, 4.69) is 4.98 Å². The Morgan fingerprint density at radius 2 is 1.94 bits per heavy atom. The lowest BCUT2D eigenvalue weighted by Crippen LogP contribution is -2.35. The van der Waals surface area contributed by atoms with Gasteiger partial charge in [0, 0.05) is 36.0 Å². The van der Waals surface area contributed by atoms with Crippen LogP contribution in [0, 0.1) is 5.82 Å². The van der Waals surface area contributed by atoms with E-state index in [0.29, 0.717) is 41.5 Å². The molecular weight excluding hydrogens is 465 g/mol. The van der Waals surface area contributed by atoms with Crippen LogP contribution in [0.5, 0.6) is 5.88 Å². The van der Waals surface area contributed by atoms with Crippen molar-refractivity contribution in [3.05, 3.63) is 94.2 Å². The van der Waals surface area contributed by atoms with Gasteiger partial charge in [0.05, 0.1) is 29.5 Å². The standard InChI is InChI=1S/C27H24FN3O5/c28-21-12-19-23(13-24(21)30-11-5-7-18(30)16-36-25-9-3-4-10-29-25)31(14-20(26(19)33)27(34)35)22-8-2-1-6-17(22)15-32/h1-4,6,8-10,12-14,18,32H,5,7,11,15-16H2,(H,34,35)/t18-/m1/s1. The number of hydrogen-bond acceptors (Lipinski definition) is 6. The van der Waals surface area contributed by atoms with Crippen LogP contribution in [0.25, 0.3) is 16.6 Å². The van der Waals surface area contributed by atoms with Gasteiger partial charge in [-0.05, 0) is 37.1 Å². The minimum Gasteiger partial charge on any atom is -0.477 e. The third-order valence-electron chi connectivity index (χ3n) is 6.47. The molecule has 1 fully saturated rings. The molecule has 2 aromatic heterocycles. The number of aromatic carboxylic acids is 1. The largest absolute Gasteiger partial charge is 0.477 e. The van der Waals surface area contributed by atoms with Gasteiger partial charge in [0.25, 0.3) is 0 Å². The van der Waals surface area contributed by atoms with Crippen LogP contribution >= 0.6 is 0 Å². The molecule has 9 heteroatoms. The molecule has 0 spiro atoms. The second kappa shape index (κ2) is 9.79. The molecule has 1 aliphatic heterocycles. The van der Waals surface area contributed by atoms with Crippen molar-refractivity contribution in [1.82, 2.24) is 9.55 Å². The van der Waals surface area contributed by atoms with E-state index in [1.807, 2.05) is 11.0 Å². The van der Waals surface area contributed by atoms with E-state index in [-0.39, 0.29) is 18.0 Å². The number of aromatic nitrogens is 2. The highest BCUT2D eigenvalue weighted by Gasteiger charge is 2.29. The summed E-state index contributed by atoms with van der Waals surface area (Å²) in [5.41, 5.74) is 0.433. The molecule has 0 amide bonds. The number of carbonyl (C=O) groups is 1. The number of carboxylic acids is 1. The Morgan fingerprint density at radius 3 is 2.69 bits per heavy atom. The lowest BCUT2D eigenvalue weighted by Gasteiger charge is -2.28. The zero-order valence-electron chi connectivity index (χ0n) is 19.3. The second-order valence-electron chi connectivity index (χ2n) is 8.62. The number of nitrogens with zero attached hydrogens (tertiary/aromatic N) is 3. The van der Waals surface area contributed by atoms with Crippen LogP contribution in [0.2, 0.25) is 0 Å². The quantitative estimate of drug-likeness (QED) is 0.407. The van der Waals surface area contributed by atoms with Crippen LogP contribution in [0.3, 0.4) is 0 Å². The zero-order valence-corrected chi connectivity index (χ0v) is 19.3. The van der Waals surface area contributed by atoms with Gasteiger partial charge in [0.2, 0.25) is 11.3 Å². The van der Waals surface area contributed by atoms with Crippen molar-refractivity contribution in [2.75, 3.05) is 18.1 Å². The molecule has 36 heavy (non-hydrogen) atoms. The number of benzene rings is 2.